The van der Waals surface area contributed by atoms with Crippen LogP contribution < -0.4 is 0 Å². The first-order valence-corrected chi connectivity index (χ1v) is 6.38. The highest BCUT2D eigenvalue weighted by Gasteiger charge is 2.10. The van der Waals surface area contributed by atoms with Gasteiger partial charge in [-0.25, -0.2) is 4.98 Å². The lowest BCUT2D eigenvalue weighted by molar-refractivity contribution is 0.0988. The van der Waals surface area contributed by atoms with Crippen LogP contribution in [0.4, 0.5) is 0 Å². The zero-order valence-electron chi connectivity index (χ0n) is 8.61. The van der Waals surface area contributed by atoms with E-state index < -0.39 is 0 Å². The van der Waals surface area contributed by atoms with Gasteiger partial charge in [0.15, 0.2) is 5.78 Å². The van der Waals surface area contributed by atoms with Gasteiger partial charge in [0, 0.05) is 21.7 Å². The van der Waals surface area contributed by atoms with E-state index in [9.17, 15) is 4.79 Å². The maximum absolute atomic E-state index is 11.8. The second-order valence-corrected chi connectivity index (χ2v) is 5.20. The van der Waals surface area contributed by atoms with Crippen molar-refractivity contribution in [3.05, 3.63) is 44.6 Å². The zero-order chi connectivity index (χ0) is 11.5. The molecule has 0 radical (unpaired) electrons. The summed E-state index contributed by atoms with van der Waals surface area (Å²) in [6, 6.07) is 3.53. The summed E-state index contributed by atoms with van der Waals surface area (Å²) in [5.74, 6) is 0.00171. The van der Waals surface area contributed by atoms with Crippen LogP contribution in [0.3, 0.4) is 0 Å². The fourth-order valence-corrected chi connectivity index (χ4v) is 2.26. The number of hydrogen-bond donors (Lipinski definition) is 0. The number of aromatic nitrogens is 2. The summed E-state index contributed by atoms with van der Waals surface area (Å²) >= 11 is 4.79. The average molecular weight is 297 g/mol. The Labute approximate surface area is 106 Å². The molecular weight excluding hydrogens is 288 g/mol. The Kier molecular flexibility index (Phi) is 3.46. The minimum absolute atomic E-state index is 0.00171. The summed E-state index contributed by atoms with van der Waals surface area (Å²) in [5.41, 5.74) is 1.44. The minimum Gasteiger partial charge on any atom is -0.292 e. The monoisotopic (exact) mass is 296 g/mol. The van der Waals surface area contributed by atoms with E-state index in [1.54, 1.807) is 12.3 Å². The van der Waals surface area contributed by atoms with Gasteiger partial charge in [0.05, 0.1) is 6.42 Å². The molecule has 0 aliphatic rings. The molecule has 0 unspecified atom stereocenters. The molecular formula is C11H9BrN2OS. The first-order valence-electron chi connectivity index (χ1n) is 4.71. The number of pyridine rings is 1. The number of ketones is 1. The number of Topliss-reactive ketones (excluding diaryl/α,β-unsaturated/α-hetero) is 1. The fraction of sp³-hybridized carbons (Fsp3) is 0.182. The van der Waals surface area contributed by atoms with Gasteiger partial charge in [0.2, 0.25) is 0 Å². The molecule has 0 fully saturated rings. The Morgan fingerprint density at radius 3 is 2.88 bits per heavy atom. The van der Waals surface area contributed by atoms with E-state index in [0.717, 1.165) is 15.2 Å². The maximum atomic E-state index is 11.8. The Hall–Kier alpha value is -1.07. The van der Waals surface area contributed by atoms with Crippen molar-refractivity contribution in [2.45, 2.75) is 13.3 Å². The smallest absolute Gasteiger partial charge is 0.187 e. The summed E-state index contributed by atoms with van der Waals surface area (Å²) in [7, 11) is 0. The summed E-state index contributed by atoms with van der Waals surface area (Å²) in [6.07, 6.45) is 1.95. The maximum Gasteiger partial charge on any atom is 0.187 e. The van der Waals surface area contributed by atoms with Crippen molar-refractivity contribution in [2.75, 3.05) is 0 Å². The Morgan fingerprint density at radius 1 is 1.50 bits per heavy atom. The van der Waals surface area contributed by atoms with Crippen LogP contribution in [-0.4, -0.2) is 15.8 Å². The lowest BCUT2D eigenvalue weighted by Gasteiger charge is -1.97. The number of rotatable bonds is 3. The van der Waals surface area contributed by atoms with E-state index in [1.165, 1.54) is 11.3 Å². The number of aryl methyl sites for hydroxylation is 1. The molecule has 0 aliphatic carbocycles. The zero-order valence-corrected chi connectivity index (χ0v) is 11.0. The topological polar surface area (TPSA) is 42.9 Å². The molecule has 3 nitrogen and oxygen atoms in total. The van der Waals surface area contributed by atoms with Crippen molar-refractivity contribution in [3.8, 4) is 0 Å². The van der Waals surface area contributed by atoms with Crippen LogP contribution in [-0.2, 0) is 6.42 Å². The molecule has 0 bridgehead atoms. The van der Waals surface area contributed by atoms with E-state index in [2.05, 4.69) is 25.9 Å². The molecule has 0 aromatic carbocycles. The van der Waals surface area contributed by atoms with Crippen LogP contribution in [0.15, 0.2) is 28.2 Å². The third-order valence-electron chi connectivity index (χ3n) is 1.99. The van der Waals surface area contributed by atoms with Crippen molar-refractivity contribution < 1.29 is 4.79 Å². The predicted molar refractivity (Wildman–Crippen MR) is 66.8 cm³/mol. The molecule has 0 amide bonds. The van der Waals surface area contributed by atoms with Gasteiger partial charge in [0.25, 0.3) is 0 Å². The molecule has 5 heteroatoms. The number of nitrogens with zero attached hydrogens (tertiary/aromatic N) is 2. The van der Waals surface area contributed by atoms with Crippen LogP contribution in [0.1, 0.15) is 21.2 Å². The lowest BCUT2D eigenvalue weighted by Crippen LogP contribution is -2.05. The Balaban J connectivity index is 2.11. The highest BCUT2D eigenvalue weighted by molar-refractivity contribution is 9.10. The molecule has 2 aromatic rings. The molecule has 0 saturated heterocycles. The van der Waals surface area contributed by atoms with Gasteiger partial charge in [-0.2, -0.15) is 0 Å². The van der Waals surface area contributed by atoms with Gasteiger partial charge < -0.3 is 0 Å². The van der Waals surface area contributed by atoms with Crippen LogP contribution in [0.2, 0.25) is 0 Å². The molecule has 0 N–H and O–H groups in total. The van der Waals surface area contributed by atoms with Crippen molar-refractivity contribution in [3.63, 3.8) is 0 Å². The number of thiazole rings is 1. The first kappa shape index (κ1) is 11.4. The number of carbonyl (C=O) groups is 1. The predicted octanol–water partition coefficient (Wildman–Crippen LogP) is 3.03. The van der Waals surface area contributed by atoms with Crippen LogP contribution in [0.5, 0.6) is 0 Å². The van der Waals surface area contributed by atoms with Gasteiger partial charge in [-0.15, -0.1) is 11.3 Å². The van der Waals surface area contributed by atoms with Gasteiger partial charge in [-0.05, 0) is 35.0 Å². The second-order valence-electron chi connectivity index (χ2n) is 3.34. The number of hydrogen-bond acceptors (Lipinski definition) is 4. The third-order valence-corrected chi connectivity index (χ3v) is 3.43. The molecule has 2 aromatic heterocycles. The van der Waals surface area contributed by atoms with E-state index in [0.29, 0.717) is 12.1 Å². The molecule has 0 saturated carbocycles. The molecule has 0 spiro atoms. The molecule has 16 heavy (non-hydrogen) atoms. The molecule has 0 atom stereocenters. The normalized spacial score (nSPS) is 10.4. The van der Waals surface area contributed by atoms with Crippen molar-refractivity contribution in [1.82, 2.24) is 9.97 Å². The fourth-order valence-electron chi connectivity index (χ4n) is 1.25. The summed E-state index contributed by atoms with van der Waals surface area (Å²) in [4.78, 5) is 20.1. The van der Waals surface area contributed by atoms with Crippen molar-refractivity contribution in [2.24, 2.45) is 0 Å². The van der Waals surface area contributed by atoms with Crippen LogP contribution >= 0.6 is 27.3 Å². The minimum atomic E-state index is 0.00171. The summed E-state index contributed by atoms with van der Waals surface area (Å²) < 4.78 is 0.870. The quantitative estimate of drug-likeness (QED) is 0.818. The summed E-state index contributed by atoms with van der Waals surface area (Å²) in [5, 5.41) is 2.78. The Morgan fingerprint density at radius 2 is 2.31 bits per heavy atom. The van der Waals surface area contributed by atoms with E-state index >= 15 is 0 Å². The first-order chi connectivity index (χ1) is 7.65. The van der Waals surface area contributed by atoms with Gasteiger partial charge in [-0.1, -0.05) is 0 Å². The second kappa shape index (κ2) is 4.84. The standard InChI is InChI=1S/C11H9BrN2OS/c1-7-6-16-11(14-7)4-10(15)9-3-2-8(12)5-13-9/h2-3,5-6H,4H2,1H3. The van der Waals surface area contributed by atoms with E-state index in [-0.39, 0.29) is 5.78 Å². The molecule has 2 rings (SSSR count). The van der Waals surface area contributed by atoms with E-state index in [4.69, 9.17) is 0 Å². The molecule has 2 heterocycles. The van der Waals surface area contributed by atoms with Gasteiger partial charge >= 0.3 is 0 Å². The third kappa shape index (κ3) is 2.74. The van der Waals surface area contributed by atoms with Gasteiger partial charge in [-0.3, -0.25) is 9.78 Å². The average Bonchev–Trinajstić information content (AvgIpc) is 2.65. The Bertz CT molecular complexity index is 507. The van der Waals surface area contributed by atoms with Crippen LogP contribution in [0.25, 0.3) is 0 Å². The summed E-state index contributed by atoms with van der Waals surface area (Å²) in [6.45, 7) is 1.92. The number of halogens is 1. The SMILES string of the molecule is Cc1csc(CC(=O)c2ccc(Br)cn2)n1. The van der Waals surface area contributed by atoms with Crippen molar-refractivity contribution in [1.29, 1.82) is 0 Å². The highest BCUT2D eigenvalue weighted by atomic mass is 79.9. The lowest BCUT2D eigenvalue weighted by atomic mass is 10.2. The number of carbonyl (C=O) groups excluding carboxylic acids is 1. The molecule has 0 aliphatic heterocycles. The molecule has 82 valence electrons. The van der Waals surface area contributed by atoms with Crippen molar-refractivity contribution >= 4 is 33.0 Å². The van der Waals surface area contributed by atoms with Crippen LogP contribution in [0, 0.1) is 6.92 Å². The largest absolute Gasteiger partial charge is 0.292 e. The van der Waals surface area contributed by atoms with E-state index in [1.807, 2.05) is 18.4 Å². The highest BCUT2D eigenvalue weighted by Crippen LogP contribution is 2.13. The van der Waals surface area contributed by atoms with Gasteiger partial charge in [0.1, 0.15) is 10.7 Å².